The molecule has 0 atom stereocenters. The monoisotopic (exact) mass is 402 g/mol. The van der Waals surface area contributed by atoms with Crippen LogP contribution in [0.2, 0.25) is 0 Å². The summed E-state index contributed by atoms with van der Waals surface area (Å²) in [7, 11) is 1.70. The van der Waals surface area contributed by atoms with Gasteiger partial charge in [-0.3, -0.25) is 9.59 Å². The van der Waals surface area contributed by atoms with Gasteiger partial charge in [0.25, 0.3) is 11.5 Å². The largest absolute Gasteiger partial charge is 0.333 e. The van der Waals surface area contributed by atoms with E-state index in [4.69, 9.17) is 0 Å². The highest BCUT2D eigenvalue weighted by Gasteiger charge is 2.21. The number of rotatable bonds is 4. The molecule has 0 aliphatic heterocycles. The third-order valence-corrected chi connectivity index (χ3v) is 6.91. The summed E-state index contributed by atoms with van der Waals surface area (Å²) in [4.78, 5) is 39.8. The lowest BCUT2D eigenvalue weighted by Gasteiger charge is -2.15. The molecule has 132 valence electrons. The number of hydrogen-bond acceptors (Lipinski definition) is 7. The van der Waals surface area contributed by atoms with Crippen molar-refractivity contribution in [2.24, 2.45) is 0 Å². The lowest BCUT2D eigenvalue weighted by atomic mass is 10.3. The van der Waals surface area contributed by atoms with Crippen LogP contribution in [0.25, 0.3) is 20.1 Å². The second kappa shape index (κ2) is 6.75. The fourth-order valence-electron chi connectivity index (χ4n) is 2.57. The van der Waals surface area contributed by atoms with E-state index in [1.807, 2.05) is 29.8 Å². The summed E-state index contributed by atoms with van der Waals surface area (Å²) in [5.41, 5.74) is 1.20. The highest BCUT2D eigenvalue weighted by molar-refractivity contribution is 7.22. The molecule has 4 aromatic rings. The Kier molecular flexibility index (Phi) is 4.43. The smallest absolute Gasteiger partial charge is 0.268 e. The van der Waals surface area contributed by atoms with Gasteiger partial charge >= 0.3 is 0 Å². The first-order valence-electron chi connectivity index (χ1n) is 7.76. The van der Waals surface area contributed by atoms with Gasteiger partial charge in [-0.05, 0) is 29.8 Å². The fourth-order valence-corrected chi connectivity index (χ4v) is 5.15. The van der Waals surface area contributed by atoms with E-state index in [0.29, 0.717) is 26.6 Å². The Morgan fingerprint density at radius 1 is 1.23 bits per heavy atom. The lowest BCUT2D eigenvalue weighted by molar-refractivity contribution is 0.0785. The first-order valence-corrected chi connectivity index (χ1v) is 10.3. The van der Waals surface area contributed by atoms with E-state index < -0.39 is 0 Å². The highest BCUT2D eigenvalue weighted by Crippen LogP contribution is 2.31. The van der Waals surface area contributed by atoms with Crippen molar-refractivity contribution in [2.75, 3.05) is 7.05 Å². The van der Waals surface area contributed by atoms with Crippen LogP contribution >= 0.6 is 34.0 Å². The Labute approximate surface area is 160 Å². The summed E-state index contributed by atoms with van der Waals surface area (Å²) >= 11 is 4.34. The molecule has 6 nitrogen and oxygen atoms in total. The van der Waals surface area contributed by atoms with Gasteiger partial charge in [0.2, 0.25) is 0 Å². The molecule has 4 rings (SSSR count). The summed E-state index contributed by atoms with van der Waals surface area (Å²) in [6.07, 6.45) is 0. The molecule has 0 aliphatic carbocycles. The number of thiophene rings is 2. The van der Waals surface area contributed by atoms with E-state index >= 15 is 0 Å². The zero-order chi connectivity index (χ0) is 18.3. The summed E-state index contributed by atoms with van der Waals surface area (Å²) in [5, 5.41) is 4.67. The molecule has 0 aliphatic rings. The molecule has 0 bridgehead atoms. The van der Waals surface area contributed by atoms with Gasteiger partial charge in [-0.1, -0.05) is 6.07 Å². The zero-order valence-corrected chi connectivity index (χ0v) is 16.4. The average Bonchev–Trinajstić information content (AvgIpc) is 3.34. The number of carbonyl (C=O) groups excluding carboxylic acids is 1. The van der Waals surface area contributed by atoms with E-state index in [-0.39, 0.29) is 18.0 Å². The topological polar surface area (TPSA) is 79.0 Å². The number of aryl methyl sites for hydroxylation is 1. The molecule has 0 spiro atoms. The van der Waals surface area contributed by atoms with Gasteiger partial charge < -0.3 is 9.88 Å². The van der Waals surface area contributed by atoms with Crippen LogP contribution in [-0.4, -0.2) is 32.8 Å². The molecule has 1 amide bonds. The fraction of sp³-hybridized carbons (Fsp3) is 0.176. The maximum absolute atomic E-state index is 12.8. The van der Waals surface area contributed by atoms with Gasteiger partial charge in [0, 0.05) is 7.05 Å². The van der Waals surface area contributed by atoms with Crippen molar-refractivity contribution < 1.29 is 4.79 Å². The van der Waals surface area contributed by atoms with Crippen LogP contribution in [0.1, 0.15) is 21.2 Å². The number of amides is 1. The zero-order valence-electron chi connectivity index (χ0n) is 14.0. The maximum atomic E-state index is 12.8. The first kappa shape index (κ1) is 17.1. The number of H-pyrrole nitrogens is 1. The number of aromatic nitrogens is 3. The molecule has 9 heteroatoms. The van der Waals surface area contributed by atoms with Crippen LogP contribution in [0.5, 0.6) is 0 Å². The number of nitrogens with one attached hydrogen (secondary N) is 1. The second-order valence-corrected chi connectivity index (χ2v) is 8.58. The first-order chi connectivity index (χ1) is 12.5. The minimum atomic E-state index is -0.171. The molecule has 4 heterocycles. The van der Waals surface area contributed by atoms with Crippen LogP contribution in [0, 0.1) is 6.92 Å². The van der Waals surface area contributed by atoms with Crippen molar-refractivity contribution in [2.45, 2.75) is 13.5 Å². The standard InChI is InChI=1S/C17H14N4O2S3/c1-9-13(26-16(18-9)11-4-3-6-24-11)17(23)21(2)8-12-19-10-5-7-25-14(10)15(22)20-12/h3-7H,8H2,1-2H3,(H,19,20,22). The molecular formula is C17H14N4O2S3. The molecule has 1 N–H and O–H groups in total. The van der Waals surface area contributed by atoms with E-state index in [0.717, 1.165) is 9.88 Å². The van der Waals surface area contributed by atoms with Crippen LogP contribution in [0.15, 0.2) is 33.8 Å². The number of fused-ring (bicyclic) bond motifs is 1. The normalized spacial score (nSPS) is 11.2. The Morgan fingerprint density at radius 3 is 2.85 bits per heavy atom. The minimum absolute atomic E-state index is 0.129. The van der Waals surface area contributed by atoms with E-state index in [9.17, 15) is 9.59 Å². The van der Waals surface area contributed by atoms with Crippen molar-refractivity contribution in [1.29, 1.82) is 0 Å². The van der Waals surface area contributed by atoms with E-state index in [2.05, 4.69) is 15.0 Å². The van der Waals surface area contributed by atoms with Crippen LogP contribution in [0.4, 0.5) is 0 Å². The maximum Gasteiger partial charge on any atom is 0.268 e. The predicted octanol–water partition coefficient (Wildman–Crippen LogP) is 3.75. The SMILES string of the molecule is Cc1nc(-c2cccs2)sc1C(=O)N(C)Cc1nc2ccsc2c(=O)[nH]1. The summed E-state index contributed by atoms with van der Waals surface area (Å²) in [6, 6.07) is 5.76. The quantitative estimate of drug-likeness (QED) is 0.564. The Morgan fingerprint density at radius 2 is 2.08 bits per heavy atom. The van der Waals surface area contributed by atoms with Gasteiger partial charge in [0.05, 0.1) is 22.6 Å². The van der Waals surface area contributed by atoms with Crippen molar-refractivity contribution in [3.8, 4) is 9.88 Å². The molecule has 0 radical (unpaired) electrons. The molecule has 4 aromatic heterocycles. The molecule has 0 aromatic carbocycles. The summed E-state index contributed by atoms with van der Waals surface area (Å²) in [6.45, 7) is 2.07. The van der Waals surface area contributed by atoms with Gasteiger partial charge in [-0.2, -0.15) is 0 Å². The number of thiazole rings is 1. The molecule has 0 saturated carbocycles. The molecular weight excluding hydrogens is 388 g/mol. The summed E-state index contributed by atoms with van der Waals surface area (Å²) < 4.78 is 0.599. The number of hydrogen-bond donors (Lipinski definition) is 1. The Balaban J connectivity index is 1.58. The molecule has 26 heavy (non-hydrogen) atoms. The van der Waals surface area contributed by atoms with E-state index in [1.54, 1.807) is 29.4 Å². The Bertz CT molecular complexity index is 1140. The van der Waals surface area contributed by atoms with Gasteiger partial charge in [0.1, 0.15) is 20.4 Å². The van der Waals surface area contributed by atoms with E-state index in [1.165, 1.54) is 22.7 Å². The second-order valence-electron chi connectivity index (χ2n) is 5.72. The third kappa shape index (κ3) is 3.09. The number of aromatic amines is 1. The van der Waals surface area contributed by atoms with Crippen molar-refractivity contribution in [3.05, 3.63) is 55.7 Å². The van der Waals surface area contributed by atoms with Gasteiger partial charge in [-0.15, -0.1) is 34.0 Å². The summed E-state index contributed by atoms with van der Waals surface area (Å²) in [5.74, 6) is 0.341. The van der Waals surface area contributed by atoms with Crippen LogP contribution in [-0.2, 0) is 6.54 Å². The average molecular weight is 403 g/mol. The van der Waals surface area contributed by atoms with Gasteiger partial charge in [0.15, 0.2) is 0 Å². The van der Waals surface area contributed by atoms with Crippen LogP contribution in [0.3, 0.4) is 0 Å². The highest BCUT2D eigenvalue weighted by atomic mass is 32.1. The Hall–Kier alpha value is -2.36. The van der Waals surface area contributed by atoms with Crippen molar-refractivity contribution in [3.63, 3.8) is 0 Å². The number of nitrogens with zero attached hydrogens (tertiary/aromatic N) is 3. The molecule has 0 saturated heterocycles. The van der Waals surface area contributed by atoms with Gasteiger partial charge in [-0.25, -0.2) is 9.97 Å². The van der Waals surface area contributed by atoms with Crippen molar-refractivity contribution >= 4 is 50.1 Å². The predicted molar refractivity (Wildman–Crippen MR) is 106 cm³/mol. The third-order valence-electron chi connectivity index (χ3n) is 3.82. The minimum Gasteiger partial charge on any atom is -0.333 e. The molecule has 0 fully saturated rings. The number of carbonyl (C=O) groups is 1. The van der Waals surface area contributed by atoms with Crippen molar-refractivity contribution in [1.82, 2.24) is 19.9 Å². The lowest BCUT2D eigenvalue weighted by Crippen LogP contribution is -2.28. The molecule has 0 unspecified atom stereocenters. The van der Waals surface area contributed by atoms with Crippen LogP contribution < -0.4 is 5.56 Å².